The number of aryl methyl sites for hydroxylation is 2. The molecule has 23 heavy (non-hydrogen) atoms. The van der Waals surface area contributed by atoms with Gasteiger partial charge in [-0.2, -0.15) is 0 Å². The van der Waals surface area contributed by atoms with Crippen molar-refractivity contribution in [3.63, 3.8) is 0 Å². The van der Waals surface area contributed by atoms with Gasteiger partial charge in [-0.3, -0.25) is 14.5 Å². The summed E-state index contributed by atoms with van der Waals surface area (Å²) >= 11 is 7.50. The number of amides is 1. The Hall–Kier alpha value is -1.69. The first kappa shape index (κ1) is 16.2. The van der Waals surface area contributed by atoms with E-state index in [2.05, 4.69) is 0 Å². The molecule has 1 aromatic carbocycles. The molecule has 1 unspecified atom stereocenters. The Kier molecular flexibility index (Phi) is 4.27. The summed E-state index contributed by atoms with van der Waals surface area (Å²) in [5, 5.41) is 0. The molecular formula is C17H18ClN2O2S+. The maximum atomic E-state index is 12.4. The van der Waals surface area contributed by atoms with Gasteiger partial charge in [0.15, 0.2) is 6.67 Å². The van der Waals surface area contributed by atoms with E-state index in [0.717, 1.165) is 37.5 Å². The highest BCUT2D eigenvalue weighted by Gasteiger charge is 2.38. The molecular weight excluding hydrogens is 332 g/mol. The number of hydrogen-bond donors (Lipinski definition) is 1. The molecule has 0 radical (unpaired) electrons. The number of ketones is 1. The van der Waals surface area contributed by atoms with Gasteiger partial charge in [-0.15, -0.1) is 11.3 Å². The molecule has 0 saturated carbocycles. The monoisotopic (exact) mass is 349 g/mol. The SMILES string of the molecule is Cc1cc(C)c2c(c1)N(C[NH+](C)Cc1ccc(Cl)s1)C(=O)C2=O. The smallest absolute Gasteiger partial charge is 0.303 e. The highest BCUT2D eigenvalue weighted by atomic mass is 35.5. The summed E-state index contributed by atoms with van der Waals surface area (Å²) in [4.78, 5) is 28.5. The van der Waals surface area contributed by atoms with E-state index in [0.29, 0.717) is 12.2 Å². The Balaban J connectivity index is 1.84. The molecule has 3 rings (SSSR count). The second-order valence-electron chi connectivity index (χ2n) is 6.04. The number of nitrogens with one attached hydrogen (secondary N) is 1. The Morgan fingerprint density at radius 3 is 2.61 bits per heavy atom. The number of nitrogens with zero attached hydrogens (tertiary/aromatic N) is 1. The molecule has 120 valence electrons. The van der Waals surface area contributed by atoms with Crippen LogP contribution in [0.25, 0.3) is 0 Å². The lowest BCUT2D eigenvalue weighted by Crippen LogP contribution is -3.09. The standard InChI is InChI=1S/C17H17ClN2O2S/c1-10-6-11(2)15-13(7-10)20(17(22)16(15)21)9-19(3)8-12-4-5-14(18)23-12/h4-7H,8-9H2,1-3H3/p+1. The number of anilines is 1. The van der Waals surface area contributed by atoms with Crippen LogP contribution in [0.4, 0.5) is 5.69 Å². The number of quaternary nitrogens is 1. The first-order chi connectivity index (χ1) is 10.9. The zero-order valence-electron chi connectivity index (χ0n) is 13.3. The zero-order chi connectivity index (χ0) is 16.7. The van der Waals surface area contributed by atoms with Crippen molar-refractivity contribution in [2.24, 2.45) is 0 Å². The maximum absolute atomic E-state index is 12.4. The normalized spacial score (nSPS) is 15.2. The minimum absolute atomic E-state index is 0.399. The number of fused-ring (bicyclic) bond motifs is 1. The molecule has 0 aliphatic carbocycles. The van der Waals surface area contributed by atoms with Gasteiger partial charge in [-0.25, -0.2) is 0 Å². The highest BCUT2D eigenvalue weighted by Crippen LogP contribution is 2.32. The quantitative estimate of drug-likeness (QED) is 0.860. The van der Waals surface area contributed by atoms with E-state index >= 15 is 0 Å². The molecule has 2 aromatic rings. The number of rotatable bonds is 4. The summed E-state index contributed by atoms with van der Waals surface area (Å²) < 4.78 is 0.761. The van der Waals surface area contributed by atoms with Crippen LogP contribution < -0.4 is 9.80 Å². The minimum Gasteiger partial charge on any atom is -0.315 e. The Morgan fingerprint density at radius 1 is 1.22 bits per heavy atom. The van der Waals surface area contributed by atoms with Crippen LogP contribution in [0.5, 0.6) is 0 Å². The van der Waals surface area contributed by atoms with Crippen LogP contribution in [0.2, 0.25) is 4.34 Å². The Labute approximate surface area is 144 Å². The zero-order valence-corrected chi connectivity index (χ0v) is 14.8. The molecule has 1 aromatic heterocycles. The summed E-state index contributed by atoms with van der Waals surface area (Å²) in [5.74, 6) is -0.832. The fourth-order valence-corrected chi connectivity index (χ4v) is 4.22. The lowest BCUT2D eigenvalue weighted by molar-refractivity contribution is -0.892. The maximum Gasteiger partial charge on any atom is 0.303 e. The van der Waals surface area contributed by atoms with Crippen LogP contribution >= 0.6 is 22.9 Å². The number of halogens is 1. The van der Waals surface area contributed by atoms with Crippen LogP contribution in [0.3, 0.4) is 0 Å². The number of carbonyl (C=O) groups excluding carboxylic acids is 2. The fourth-order valence-electron chi connectivity index (χ4n) is 3.02. The molecule has 1 amide bonds. The van der Waals surface area contributed by atoms with Gasteiger partial charge in [0.25, 0.3) is 5.78 Å². The van der Waals surface area contributed by atoms with E-state index in [1.807, 2.05) is 45.2 Å². The molecule has 1 atom stereocenters. The molecule has 4 nitrogen and oxygen atoms in total. The van der Waals surface area contributed by atoms with Crippen molar-refractivity contribution in [3.8, 4) is 0 Å². The van der Waals surface area contributed by atoms with Gasteiger partial charge in [0, 0.05) is 0 Å². The lowest BCUT2D eigenvalue weighted by atomic mass is 10.0. The van der Waals surface area contributed by atoms with E-state index in [9.17, 15) is 9.59 Å². The van der Waals surface area contributed by atoms with Gasteiger partial charge in [0.05, 0.1) is 27.5 Å². The van der Waals surface area contributed by atoms with E-state index in [1.165, 1.54) is 0 Å². The summed E-state index contributed by atoms with van der Waals surface area (Å²) in [6.45, 7) is 5.07. The van der Waals surface area contributed by atoms with Crippen molar-refractivity contribution in [2.45, 2.75) is 20.4 Å². The molecule has 0 fully saturated rings. The molecule has 2 heterocycles. The molecule has 0 bridgehead atoms. The first-order valence-electron chi connectivity index (χ1n) is 7.39. The van der Waals surface area contributed by atoms with Gasteiger partial charge < -0.3 is 4.90 Å². The van der Waals surface area contributed by atoms with Crippen LogP contribution in [0, 0.1) is 13.8 Å². The van der Waals surface area contributed by atoms with Crippen molar-refractivity contribution in [2.75, 3.05) is 18.6 Å². The van der Waals surface area contributed by atoms with E-state index in [4.69, 9.17) is 11.6 Å². The van der Waals surface area contributed by atoms with Gasteiger partial charge in [0.2, 0.25) is 0 Å². The predicted molar refractivity (Wildman–Crippen MR) is 92.5 cm³/mol. The van der Waals surface area contributed by atoms with Crippen molar-refractivity contribution in [1.29, 1.82) is 0 Å². The van der Waals surface area contributed by atoms with Crippen molar-refractivity contribution in [1.82, 2.24) is 0 Å². The summed E-state index contributed by atoms with van der Waals surface area (Å²) in [7, 11) is 2.01. The van der Waals surface area contributed by atoms with Gasteiger partial charge in [-0.1, -0.05) is 17.7 Å². The Morgan fingerprint density at radius 2 is 1.96 bits per heavy atom. The molecule has 0 saturated heterocycles. The fraction of sp³-hybridized carbons (Fsp3) is 0.294. The summed E-state index contributed by atoms with van der Waals surface area (Å²) in [5.41, 5.74) is 3.20. The third-order valence-electron chi connectivity index (χ3n) is 3.95. The third-order valence-corrected chi connectivity index (χ3v) is 5.18. The third kappa shape index (κ3) is 3.04. The molecule has 1 N–H and O–H groups in total. The average Bonchev–Trinajstić information content (AvgIpc) is 2.96. The summed E-state index contributed by atoms with van der Waals surface area (Å²) in [6.07, 6.45) is 0. The second kappa shape index (κ2) is 6.07. The average molecular weight is 350 g/mol. The number of hydrogen-bond acceptors (Lipinski definition) is 3. The molecule has 1 aliphatic heterocycles. The molecule has 1 aliphatic rings. The molecule has 0 spiro atoms. The van der Waals surface area contributed by atoms with Crippen LogP contribution in [0.15, 0.2) is 24.3 Å². The number of carbonyl (C=O) groups is 2. The first-order valence-corrected chi connectivity index (χ1v) is 8.59. The van der Waals surface area contributed by atoms with Crippen LogP contribution in [-0.4, -0.2) is 25.4 Å². The number of benzene rings is 1. The summed E-state index contributed by atoms with van der Waals surface area (Å²) in [6, 6.07) is 7.73. The van der Waals surface area contributed by atoms with E-state index in [-0.39, 0.29) is 0 Å². The van der Waals surface area contributed by atoms with Crippen molar-refractivity contribution in [3.05, 3.63) is 50.2 Å². The molecule has 6 heteroatoms. The number of Topliss-reactive ketones (excluding diaryl/α,β-unsaturated/α-hetero) is 1. The topological polar surface area (TPSA) is 41.8 Å². The van der Waals surface area contributed by atoms with Crippen LogP contribution in [0.1, 0.15) is 26.4 Å². The van der Waals surface area contributed by atoms with Gasteiger partial charge >= 0.3 is 5.91 Å². The largest absolute Gasteiger partial charge is 0.315 e. The predicted octanol–water partition coefficient (Wildman–Crippen LogP) is 2.22. The Bertz CT molecular complexity index is 800. The minimum atomic E-state index is -0.433. The van der Waals surface area contributed by atoms with Crippen molar-refractivity contribution >= 4 is 40.3 Å². The lowest BCUT2D eigenvalue weighted by Gasteiger charge is -2.21. The van der Waals surface area contributed by atoms with E-state index in [1.54, 1.807) is 16.2 Å². The van der Waals surface area contributed by atoms with Crippen LogP contribution in [-0.2, 0) is 11.3 Å². The second-order valence-corrected chi connectivity index (χ2v) is 7.84. The van der Waals surface area contributed by atoms with Crippen molar-refractivity contribution < 1.29 is 14.5 Å². The van der Waals surface area contributed by atoms with Gasteiger partial charge in [0.1, 0.15) is 6.54 Å². The highest BCUT2D eigenvalue weighted by molar-refractivity contribution is 7.16. The number of thiophene rings is 1. The van der Waals surface area contributed by atoms with Gasteiger partial charge in [-0.05, 0) is 43.2 Å². The van der Waals surface area contributed by atoms with E-state index < -0.39 is 11.7 Å².